The van der Waals surface area contributed by atoms with Crippen LogP contribution in [0.3, 0.4) is 0 Å². The van der Waals surface area contributed by atoms with Crippen LogP contribution in [0.2, 0.25) is 0 Å². The number of hydrogen-bond acceptors (Lipinski definition) is 8. The van der Waals surface area contributed by atoms with Crippen LogP contribution in [0.5, 0.6) is 0 Å². The lowest BCUT2D eigenvalue weighted by molar-refractivity contribution is 0.0938. The number of likely N-dealkylation sites (N-methyl/N-ethyl adjacent to an activating group) is 1. The fraction of sp³-hybridized carbons (Fsp3) is 0.393. The molecule has 1 N–H and O–H groups in total. The maximum atomic E-state index is 13.3. The second kappa shape index (κ2) is 11.3. The van der Waals surface area contributed by atoms with E-state index >= 15 is 0 Å². The largest absolute Gasteiger partial charge is 0.355 e. The number of nitriles is 1. The molecule has 2 unspecified atom stereocenters. The monoisotopic (exact) mass is 528 g/mol. The lowest BCUT2D eigenvalue weighted by Gasteiger charge is -2.26. The number of carbonyl (C=O) groups is 1. The predicted molar refractivity (Wildman–Crippen MR) is 150 cm³/mol. The second-order valence-electron chi connectivity index (χ2n) is 9.56. The predicted octanol–water partition coefficient (Wildman–Crippen LogP) is 4.33. The Labute approximate surface area is 226 Å². The second-order valence-corrected chi connectivity index (χ2v) is 10.5. The summed E-state index contributed by atoms with van der Waals surface area (Å²) in [5.74, 6) is 0.501. The van der Waals surface area contributed by atoms with Crippen molar-refractivity contribution < 1.29 is 4.79 Å². The van der Waals surface area contributed by atoms with Crippen LogP contribution in [0.15, 0.2) is 48.0 Å². The highest BCUT2D eigenvalue weighted by Crippen LogP contribution is 2.28. The number of thiophene rings is 1. The molecule has 1 fully saturated rings. The molecule has 4 aromatic rings. The van der Waals surface area contributed by atoms with Crippen molar-refractivity contribution in [3.63, 3.8) is 0 Å². The Morgan fingerprint density at radius 1 is 1.21 bits per heavy atom. The van der Waals surface area contributed by atoms with E-state index in [2.05, 4.69) is 42.0 Å². The Bertz CT molecular complexity index is 1450. The first kappa shape index (κ1) is 25.8. The van der Waals surface area contributed by atoms with Gasteiger partial charge in [0.15, 0.2) is 5.65 Å². The van der Waals surface area contributed by atoms with E-state index in [0.717, 1.165) is 36.6 Å². The summed E-state index contributed by atoms with van der Waals surface area (Å²) in [7, 11) is 0. The first-order valence-corrected chi connectivity index (χ1v) is 14.0. The van der Waals surface area contributed by atoms with Crippen LogP contribution in [0.4, 0.5) is 5.82 Å². The molecule has 1 aliphatic rings. The molecule has 38 heavy (non-hydrogen) atoms. The Balaban J connectivity index is 1.47. The fourth-order valence-corrected chi connectivity index (χ4v) is 5.59. The summed E-state index contributed by atoms with van der Waals surface area (Å²) in [6.45, 7) is 10.1. The standard InChI is InChI=1S/C28H32N8OS/c1-4-34(5-2)19(3)17-30-28(37)21-13-23(32-26(14-21)35-10-8-20(16-29)18-35)24-15-27-31-22(9-11-36(27)33-24)25-7-6-12-38-25/h6-7,9,11-15,19-20H,4-5,8,10,17-18H2,1-3H3,(H,30,37). The number of amides is 1. The summed E-state index contributed by atoms with van der Waals surface area (Å²) in [5, 5.41) is 19.2. The maximum Gasteiger partial charge on any atom is 0.251 e. The highest BCUT2D eigenvalue weighted by molar-refractivity contribution is 7.13. The molecule has 10 heteroatoms. The minimum atomic E-state index is -0.146. The van der Waals surface area contributed by atoms with E-state index < -0.39 is 0 Å². The van der Waals surface area contributed by atoms with Gasteiger partial charge in [0.25, 0.3) is 5.91 Å². The molecule has 0 aliphatic carbocycles. The molecule has 5 heterocycles. The zero-order valence-electron chi connectivity index (χ0n) is 22.0. The topological polar surface area (TPSA) is 102 Å². The van der Waals surface area contributed by atoms with E-state index in [0.29, 0.717) is 41.5 Å². The molecule has 0 spiro atoms. The van der Waals surface area contributed by atoms with Crippen LogP contribution in [0.25, 0.3) is 27.6 Å². The van der Waals surface area contributed by atoms with Crippen molar-refractivity contribution in [1.82, 2.24) is 29.8 Å². The summed E-state index contributed by atoms with van der Waals surface area (Å²) in [6, 6.07) is 14.1. The van der Waals surface area contributed by atoms with Gasteiger partial charge in [-0.1, -0.05) is 19.9 Å². The van der Waals surface area contributed by atoms with Gasteiger partial charge in [0.2, 0.25) is 0 Å². The van der Waals surface area contributed by atoms with E-state index in [-0.39, 0.29) is 17.9 Å². The Kier molecular flexibility index (Phi) is 7.67. The van der Waals surface area contributed by atoms with Crippen molar-refractivity contribution in [3.05, 3.63) is 53.5 Å². The molecule has 0 aromatic carbocycles. The normalized spacial score (nSPS) is 16.2. The number of aromatic nitrogens is 4. The van der Waals surface area contributed by atoms with Gasteiger partial charge in [-0.05, 0) is 56.1 Å². The lowest BCUT2D eigenvalue weighted by Crippen LogP contribution is -2.42. The van der Waals surface area contributed by atoms with Gasteiger partial charge in [-0.3, -0.25) is 9.69 Å². The van der Waals surface area contributed by atoms with E-state index in [1.807, 2.05) is 41.9 Å². The van der Waals surface area contributed by atoms with Gasteiger partial charge < -0.3 is 10.2 Å². The zero-order chi connectivity index (χ0) is 26.6. The summed E-state index contributed by atoms with van der Waals surface area (Å²) >= 11 is 1.64. The Morgan fingerprint density at radius 2 is 2.05 bits per heavy atom. The molecule has 1 amide bonds. The minimum Gasteiger partial charge on any atom is -0.355 e. The van der Waals surface area contributed by atoms with Crippen molar-refractivity contribution in [2.24, 2.45) is 5.92 Å². The van der Waals surface area contributed by atoms with Gasteiger partial charge >= 0.3 is 0 Å². The molecule has 5 rings (SSSR count). The number of nitrogens with one attached hydrogen (secondary N) is 1. The number of carbonyl (C=O) groups excluding carboxylic acids is 1. The van der Waals surface area contributed by atoms with Crippen LogP contribution in [0, 0.1) is 17.2 Å². The van der Waals surface area contributed by atoms with Crippen LogP contribution in [-0.2, 0) is 0 Å². The molecule has 9 nitrogen and oxygen atoms in total. The number of pyridine rings is 1. The summed E-state index contributed by atoms with van der Waals surface area (Å²) < 4.78 is 1.73. The Morgan fingerprint density at radius 3 is 2.76 bits per heavy atom. The molecule has 4 aromatic heterocycles. The van der Waals surface area contributed by atoms with E-state index in [1.54, 1.807) is 21.9 Å². The number of anilines is 1. The molecule has 0 radical (unpaired) electrons. The van der Waals surface area contributed by atoms with Crippen molar-refractivity contribution in [2.75, 3.05) is 37.6 Å². The van der Waals surface area contributed by atoms with Gasteiger partial charge in [0, 0.05) is 43.5 Å². The number of rotatable bonds is 9. The van der Waals surface area contributed by atoms with Crippen LogP contribution < -0.4 is 10.2 Å². The molecule has 1 aliphatic heterocycles. The third-order valence-corrected chi connectivity index (χ3v) is 8.02. The average Bonchev–Trinajstić information content (AvgIpc) is 3.72. The number of fused-ring (bicyclic) bond motifs is 1. The number of hydrogen-bond donors (Lipinski definition) is 1. The van der Waals surface area contributed by atoms with Gasteiger partial charge in [-0.15, -0.1) is 11.3 Å². The summed E-state index contributed by atoms with van der Waals surface area (Å²) in [5.41, 5.74) is 3.38. The minimum absolute atomic E-state index is 0.0391. The number of nitrogens with zero attached hydrogens (tertiary/aromatic N) is 7. The van der Waals surface area contributed by atoms with Crippen molar-refractivity contribution in [3.8, 4) is 28.0 Å². The van der Waals surface area contributed by atoms with Crippen molar-refractivity contribution in [2.45, 2.75) is 33.2 Å². The molecular weight excluding hydrogens is 496 g/mol. The molecule has 0 saturated carbocycles. The molecule has 1 saturated heterocycles. The third kappa shape index (κ3) is 5.39. The molecular formula is C28H32N8OS. The van der Waals surface area contributed by atoms with Crippen LogP contribution in [-0.4, -0.2) is 69.2 Å². The summed E-state index contributed by atoms with van der Waals surface area (Å²) in [4.78, 5) is 28.4. The highest BCUT2D eigenvalue weighted by Gasteiger charge is 2.25. The third-order valence-electron chi connectivity index (χ3n) is 7.12. The van der Waals surface area contributed by atoms with Gasteiger partial charge in [0.05, 0.1) is 28.3 Å². The molecule has 0 bridgehead atoms. The maximum absolute atomic E-state index is 13.3. The van der Waals surface area contributed by atoms with Gasteiger partial charge in [-0.2, -0.15) is 10.4 Å². The average molecular weight is 529 g/mol. The first-order valence-electron chi connectivity index (χ1n) is 13.1. The highest BCUT2D eigenvalue weighted by atomic mass is 32.1. The quantitative estimate of drug-likeness (QED) is 0.345. The molecule has 2 atom stereocenters. The van der Waals surface area contributed by atoms with Gasteiger partial charge in [0.1, 0.15) is 11.5 Å². The fourth-order valence-electron chi connectivity index (χ4n) is 4.90. The lowest BCUT2D eigenvalue weighted by atomic mass is 10.1. The first-order chi connectivity index (χ1) is 18.5. The zero-order valence-corrected chi connectivity index (χ0v) is 22.8. The Hall–Kier alpha value is -3.81. The smallest absolute Gasteiger partial charge is 0.251 e. The molecule has 196 valence electrons. The van der Waals surface area contributed by atoms with Crippen LogP contribution >= 0.6 is 11.3 Å². The van der Waals surface area contributed by atoms with Crippen molar-refractivity contribution in [1.29, 1.82) is 5.26 Å². The summed E-state index contributed by atoms with van der Waals surface area (Å²) in [6.07, 6.45) is 2.68. The van der Waals surface area contributed by atoms with Crippen LogP contribution in [0.1, 0.15) is 37.6 Å². The van der Waals surface area contributed by atoms with Gasteiger partial charge in [-0.25, -0.2) is 14.5 Å². The van der Waals surface area contributed by atoms with Crippen molar-refractivity contribution >= 4 is 28.7 Å². The van der Waals surface area contributed by atoms with E-state index in [4.69, 9.17) is 15.1 Å². The van der Waals surface area contributed by atoms with E-state index in [9.17, 15) is 10.1 Å². The SMILES string of the molecule is CCN(CC)C(C)CNC(=O)c1cc(-c2cc3nc(-c4cccs4)ccn3n2)nc(N2CCC(C#N)C2)c1. The van der Waals surface area contributed by atoms with E-state index in [1.165, 1.54) is 0 Å².